The van der Waals surface area contributed by atoms with Crippen molar-refractivity contribution in [2.24, 2.45) is 0 Å². The van der Waals surface area contributed by atoms with Gasteiger partial charge in [0.2, 0.25) is 0 Å². The number of nitro groups is 1. The van der Waals surface area contributed by atoms with Crippen LogP contribution in [0.5, 0.6) is 0 Å². The largest absolute Gasteiger partial charge is 0.303 e. The van der Waals surface area contributed by atoms with Crippen molar-refractivity contribution in [2.75, 3.05) is 0 Å². The smallest absolute Gasteiger partial charge is 0.299 e. The Morgan fingerprint density at radius 2 is 2.31 bits per heavy atom. The Labute approximate surface area is 103 Å². The molecule has 1 rings (SSSR count). The van der Waals surface area contributed by atoms with Gasteiger partial charge < -0.3 is 5.32 Å². The highest BCUT2D eigenvalue weighted by Crippen LogP contribution is 2.36. The van der Waals surface area contributed by atoms with Crippen LogP contribution in [-0.2, 0) is 0 Å². The molecular weight excluding hydrogens is 248 g/mol. The van der Waals surface area contributed by atoms with Crippen molar-refractivity contribution in [1.29, 1.82) is 0 Å². The van der Waals surface area contributed by atoms with E-state index in [0.29, 0.717) is 0 Å². The highest BCUT2D eigenvalue weighted by atomic mass is 35.5. The Bertz CT molecular complexity index is 406. The van der Waals surface area contributed by atoms with Crippen LogP contribution in [0.1, 0.15) is 24.8 Å². The Balaban J connectivity index is 2.84. The highest BCUT2D eigenvalue weighted by molar-refractivity contribution is 7.16. The first-order chi connectivity index (χ1) is 7.45. The van der Waals surface area contributed by atoms with Gasteiger partial charge in [-0.3, -0.25) is 10.1 Å². The third-order valence-electron chi connectivity index (χ3n) is 2.18. The summed E-state index contributed by atoms with van der Waals surface area (Å²) in [7, 11) is 0. The number of hydrogen-bond donors (Lipinski definition) is 1. The van der Waals surface area contributed by atoms with Gasteiger partial charge in [-0.2, -0.15) is 0 Å². The molecule has 1 aromatic heterocycles. The summed E-state index contributed by atoms with van der Waals surface area (Å²) in [5.74, 6) is 0. The third kappa shape index (κ3) is 3.04. The van der Waals surface area contributed by atoms with Crippen LogP contribution in [0.15, 0.2) is 18.7 Å². The minimum absolute atomic E-state index is 0.0178. The quantitative estimate of drug-likeness (QED) is 0.501. The Kier molecular flexibility index (Phi) is 4.46. The molecule has 0 spiro atoms. The first kappa shape index (κ1) is 13.2. The predicted molar refractivity (Wildman–Crippen MR) is 67.2 cm³/mol. The summed E-state index contributed by atoms with van der Waals surface area (Å²) >= 11 is 7.01. The third-order valence-corrected chi connectivity index (χ3v) is 3.70. The van der Waals surface area contributed by atoms with Crippen molar-refractivity contribution in [3.05, 3.63) is 38.0 Å². The van der Waals surface area contributed by atoms with Gasteiger partial charge in [-0.25, -0.2) is 0 Å². The fourth-order valence-corrected chi connectivity index (χ4v) is 2.51. The average Bonchev–Trinajstić information content (AvgIpc) is 2.60. The second kappa shape index (κ2) is 5.43. The van der Waals surface area contributed by atoms with E-state index in [1.54, 1.807) is 6.08 Å². The number of rotatable bonds is 5. The van der Waals surface area contributed by atoms with E-state index in [2.05, 4.69) is 11.9 Å². The second-order valence-corrected chi connectivity index (χ2v) is 5.16. The van der Waals surface area contributed by atoms with Crippen molar-refractivity contribution in [3.63, 3.8) is 0 Å². The van der Waals surface area contributed by atoms with E-state index in [1.165, 1.54) is 17.4 Å². The van der Waals surface area contributed by atoms with Gasteiger partial charge in [-0.15, -0.1) is 17.9 Å². The molecule has 0 saturated carbocycles. The summed E-state index contributed by atoms with van der Waals surface area (Å²) in [6.07, 6.45) is 1.78. The van der Waals surface area contributed by atoms with Crippen molar-refractivity contribution in [2.45, 2.75) is 25.9 Å². The molecule has 1 heterocycles. The van der Waals surface area contributed by atoms with Crippen LogP contribution in [0.25, 0.3) is 0 Å². The maximum atomic E-state index is 10.6. The predicted octanol–water partition coefficient (Wildman–Crippen LogP) is 3.53. The van der Waals surface area contributed by atoms with E-state index in [1.807, 2.05) is 13.8 Å². The lowest BCUT2D eigenvalue weighted by Gasteiger charge is -2.15. The van der Waals surface area contributed by atoms with Gasteiger partial charge in [-0.05, 0) is 13.8 Å². The molecule has 1 N–H and O–H groups in total. The molecule has 0 bridgehead atoms. The van der Waals surface area contributed by atoms with Crippen molar-refractivity contribution >= 4 is 28.6 Å². The normalized spacial score (nSPS) is 14.4. The molecule has 0 radical (unpaired) electrons. The van der Waals surface area contributed by atoms with Gasteiger partial charge in [0.1, 0.15) is 0 Å². The maximum absolute atomic E-state index is 10.6. The van der Waals surface area contributed by atoms with Crippen molar-refractivity contribution in [3.8, 4) is 0 Å². The minimum Gasteiger partial charge on any atom is -0.303 e. The highest BCUT2D eigenvalue weighted by Gasteiger charge is 2.20. The van der Waals surface area contributed by atoms with Crippen LogP contribution in [0.2, 0.25) is 4.34 Å². The van der Waals surface area contributed by atoms with Crippen LogP contribution in [0.3, 0.4) is 0 Å². The molecule has 0 aliphatic rings. The molecule has 88 valence electrons. The number of thiophene rings is 1. The zero-order valence-corrected chi connectivity index (χ0v) is 10.6. The van der Waals surface area contributed by atoms with E-state index in [0.717, 1.165) is 4.88 Å². The van der Waals surface area contributed by atoms with Crippen LogP contribution >= 0.6 is 22.9 Å². The Morgan fingerprint density at radius 3 is 2.75 bits per heavy atom. The molecular formula is C10H13ClN2O2S. The Hall–Kier alpha value is -0.910. The van der Waals surface area contributed by atoms with E-state index < -0.39 is 4.92 Å². The summed E-state index contributed by atoms with van der Waals surface area (Å²) in [6.45, 7) is 7.57. The van der Waals surface area contributed by atoms with Crippen LogP contribution in [0.4, 0.5) is 5.69 Å². The molecule has 0 fully saturated rings. The van der Waals surface area contributed by atoms with Gasteiger partial charge >= 0.3 is 0 Å². The molecule has 16 heavy (non-hydrogen) atoms. The lowest BCUT2D eigenvalue weighted by molar-refractivity contribution is -0.384. The van der Waals surface area contributed by atoms with Gasteiger partial charge in [0, 0.05) is 23.0 Å². The summed E-state index contributed by atoms with van der Waals surface area (Å²) in [5, 5.41) is 13.9. The lowest BCUT2D eigenvalue weighted by Crippen LogP contribution is -2.26. The van der Waals surface area contributed by atoms with Crippen molar-refractivity contribution in [1.82, 2.24) is 5.32 Å². The SMILES string of the molecule is C=CC(C)NC(C)c1cc([N+](=O)[O-])c(Cl)s1. The number of nitrogens with one attached hydrogen (secondary N) is 1. The molecule has 1 aromatic rings. The molecule has 4 nitrogen and oxygen atoms in total. The fourth-order valence-electron chi connectivity index (χ4n) is 1.26. The van der Waals surface area contributed by atoms with Gasteiger partial charge in [0.15, 0.2) is 4.34 Å². The van der Waals surface area contributed by atoms with E-state index in [4.69, 9.17) is 11.6 Å². The molecule has 0 aromatic carbocycles. The first-order valence-electron chi connectivity index (χ1n) is 4.78. The van der Waals surface area contributed by atoms with Crippen LogP contribution in [-0.4, -0.2) is 11.0 Å². The van der Waals surface area contributed by atoms with Gasteiger partial charge in [0.25, 0.3) is 5.69 Å². The zero-order chi connectivity index (χ0) is 12.3. The molecule has 0 aliphatic carbocycles. The molecule has 2 unspecified atom stereocenters. The topological polar surface area (TPSA) is 55.2 Å². The van der Waals surface area contributed by atoms with Gasteiger partial charge in [-0.1, -0.05) is 17.7 Å². The van der Waals surface area contributed by atoms with Gasteiger partial charge in [0.05, 0.1) is 4.92 Å². The monoisotopic (exact) mass is 260 g/mol. The number of halogens is 1. The average molecular weight is 261 g/mol. The first-order valence-corrected chi connectivity index (χ1v) is 5.97. The molecule has 0 saturated heterocycles. The number of hydrogen-bond acceptors (Lipinski definition) is 4. The van der Waals surface area contributed by atoms with E-state index in [9.17, 15) is 10.1 Å². The molecule has 6 heteroatoms. The van der Waals surface area contributed by atoms with Crippen LogP contribution < -0.4 is 5.32 Å². The lowest BCUT2D eigenvalue weighted by atomic mass is 10.2. The molecule has 2 atom stereocenters. The maximum Gasteiger partial charge on any atom is 0.299 e. The summed E-state index contributed by atoms with van der Waals surface area (Å²) in [6, 6.07) is 1.68. The van der Waals surface area contributed by atoms with E-state index in [-0.39, 0.29) is 22.1 Å². The molecule has 0 aliphatic heterocycles. The molecule has 0 amide bonds. The fraction of sp³-hybridized carbons (Fsp3) is 0.400. The second-order valence-electron chi connectivity index (χ2n) is 3.48. The van der Waals surface area contributed by atoms with E-state index >= 15 is 0 Å². The zero-order valence-electron chi connectivity index (χ0n) is 9.07. The summed E-state index contributed by atoms with van der Waals surface area (Å²) < 4.78 is 0.222. The number of nitrogens with zero attached hydrogens (tertiary/aromatic N) is 1. The minimum atomic E-state index is -0.466. The standard InChI is InChI=1S/C10H13ClN2O2S/c1-4-6(2)12-7(3)9-5-8(13(14)15)10(11)16-9/h4-7,12H,1H2,2-3H3. The van der Waals surface area contributed by atoms with Crippen LogP contribution in [0, 0.1) is 10.1 Å². The summed E-state index contributed by atoms with van der Waals surface area (Å²) in [5.41, 5.74) is -0.0263. The summed E-state index contributed by atoms with van der Waals surface area (Å²) in [4.78, 5) is 11.0. The Morgan fingerprint density at radius 1 is 1.69 bits per heavy atom. The van der Waals surface area contributed by atoms with Crippen molar-refractivity contribution < 1.29 is 4.92 Å².